The first kappa shape index (κ1) is 15.8. The number of alkyl halides is 3. The van der Waals surface area contributed by atoms with Crippen molar-refractivity contribution in [1.82, 2.24) is 0 Å². The molecule has 0 aromatic heterocycles. The van der Waals surface area contributed by atoms with Crippen molar-refractivity contribution in [3.8, 4) is 12.1 Å². The van der Waals surface area contributed by atoms with Gasteiger partial charge in [-0.1, -0.05) is 0 Å². The number of rotatable bonds is 3. The molecule has 4 nitrogen and oxygen atoms in total. The van der Waals surface area contributed by atoms with Crippen molar-refractivity contribution >= 4 is 17.6 Å². The van der Waals surface area contributed by atoms with Gasteiger partial charge in [0, 0.05) is 19.3 Å². The summed E-state index contributed by atoms with van der Waals surface area (Å²) in [5, 5.41) is 17.4. The van der Waals surface area contributed by atoms with Crippen LogP contribution in [-0.4, -0.2) is 19.3 Å². The number of hydrogen-bond acceptors (Lipinski definition) is 4. The van der Waals surface area contributed by atoms with E-state index in [1.807, 2.05) is 4.90 Å². The van der Waals surface area contributed by atoms with Crippen LogP contribution in [0.5, 0.6) is 0 Å². The molecule has 1 aromatic rings. The summed E-state index contributed by atoms with van der Waals surface area (Å²) in [4.78, 5) is 5.91. The van der Waals surface area contributed by atoms with Gasteiger partial charge in [0.2, 0.25) is 0 Å². The van der Waals surface area contributed by atoms with Crippen LogP contribution >= 0.6 is 0 Å². The molecule has 1 heterocycles. The molecule has 7 heteroatoms. The summed E-state index contributed by atoms with van der Waals surface area (Å²) in [6.07, 6.45) is -1.43. The normalized spacial score (nSPS) is 15.3. The second-order valence-electron chi connectivity index (χ2n) is 4.91. The van der Waals surface area contributed by atoms with E-state index in [2.05, 4.69) is 4.99 Å². The number of hydrogen-bond donors (Lipinski definition) is 0. The highest BCUT2D eigenvalue weighted by Gasteiger charge is 2.31. The minimum Gasteiger partial charge on any atom is -0.370 e. The highest BCUT2D eigenvalue weighted by molar-refractivity contribution is 5.77. The van der Waals surface area contributed by atoms with Crippen LogP contribution in [0.2, 0.25) is 0 Å². The molecule has 1 aromatic carbocycles. The van der Waals surface area contributed by atoms with Gasteiger partial charge >= 0.3 is 6.18 Å². The molecule has 114 valence electrons. The first-order valence-electron chi connectivity index (χ1n) is 6.75. The summed E-state index contributed by atoms with van der Waals surface area (Å²) < 4.78 is 38.5. The second kappa shape index (κ2) is 6.48. The maximum Gasteiger partial charge on any atom is 0.416 e. The number of nitriles is 2. The average molecular weight is 306 g/mol. The molecule has 0 amide bonds. The number of nitrogens with zero attached hydrogens (tertiary/aromatic N) is 4. The summed E-state index contributed by atoms with van der Waals surface area (Å²) >= 11 is 0. The van der Waals surface area contributed by atoms with Crippen molar-refractivity contribution in [3.05, 3.63) is 23.8 Å². The number of halogens is 3. The van der Waals surface area contributed by atoms with Crippen LogP contribution in [0.1, 0.15) is 18.4 Å². The zero-order chi connectivity index (χ0) is 16.2. The third-order valence-corrected chi connectivity index (χ3v) is 3.39. The van der Waals surface area contributed by atoms with Crippen LogP contribution in [0, 0.1) is 28.6 Å². The van der Waals surface area contributed by atoms with Crippen molar-refractivity contribution in [2.75, 3.05) is 18.0 Å². The lowest BCUT2D eigenvalue weighted by Crippen LogP contribution is -2.18. The highest BCUT2D eigenvalue weighted by atomic mass is 19.4. The highest BCUT2D eigenvalue weighted by Crippen LogP contribution is 2.37. The maximum absolute atomic E-state index is 12.8. The monoisotopic (exact) mass is 306 g/mol. The average Bonchev–Trinajstić information content (AvgIpc) is 3.01. The molecule has 0 radical (unpaired) electrons. The van der Waals surface area contributed by atoms with Gasteiger partial charge in [-0.15, -0.1) is 0 Å². The molecule has 0 spiro atoms. The third kappa shape index (κ3) is 3.56. The Balaban J connectivity index is 2.42. The van der Waals surface area contributed by atoms with Crippen molar-refractivity contribution in [2.24, 2.45) is 10.9 Å². The van der Waals surface area contributed by atoms with Crippen LogP contribution in [0.3, 0.4) is 0 Å². The van der Waals surface area contributed by atoms with Crippen molar-refractivity contribution < 1.29 is 13.2 Å². The van der Waals surface area contributed by atoms with Crippen LogP contribution in [0.25, 0.3) is 0 Å². The van der Waals surface area contributed by atoms with E-state index in [0.717, 1.165) is 44.3 Å². The van der Waals surface area contributed by atoms with Gasteiger partial charge < -0.3 is 4.90 Å². The van der Waals surface area contributed by atoms with Crippen LogP contribution in [0.15, 0.2) is 23.2 Å². The van der Waals surface area contributed by atoms with E-state index < -0.39 is 17.7 Å². The minimum atomic E-state index is -4.46. The number of anilines is 1. The molecular weight excluding hydrogens is 293 g/mol. The molecule has 0 N–H and O–H groups in total. The van der Waals surface area contributed by atoms with E-state index >= 15 is 0 Å². The fraction of sp³-hybridized carbons (Fsp3) is 0.400. The zero-order valence-electron chi connectivity index (χ0n) is 11.6. The Hall–Kier alpha value is -2.54. The summed E-state index contributed by atoms with van der Waals surface area (Å²) in [7, 11) is 0. The molecule has 22 heavy (non-hydrogen) atoms. The van der Waals surface area contributed by atoms with E-state index in [1.54, 1.807) is 12.1 Å². The molecule has 0 bridgehead atoms. The van der Waals surface area contributed by atoms with Gasteiger partial charge in [0.15, 0.2) is 5.92 Å². The zero-order valence-corrected chi connectivity index (χ0v) is 11.6. The SMILES string of the molecule is N#CC(C#N)C=Nc1cc(C(F)(F)F)ccc1N1CCCC1. The molecule has 0 atom stereocenters. The van der Waals surface area contributed by atoms with Crippen LogP contribution < -0.4 is 4.90 Å². The maximum atomic E-state index is 12.8. The van der Waals surface area contributed by atoms with Gasteiger partial charge in [0.1, 0.15) is 0 Å². The van der Waals surface area contributed by atoms with Gasteiger partial charge in [0.05, 0.1) is 29.1 Å². The Bertz CT molecular complexity index is 632. The Morgan fingerprint density at radius 1 is 1.18 bits per heavy atom. The molecule has 0 saturated carbocycles. The van der Waals surface area contributed by atoms with E-state index in [0.29, 0.717) is 5.69 Å². The largest absolute Gasteiger partial charge is 0.416 e. The minimum absolute atomic E-state index is 0.132. The van der Waals surface area contributed by atoms with Gasteiger partial charge in [0.25, 0.3) is 0 Å². The lowest BCUT2D eigenvalue weighted by atomic mass is 10.1. The molecule has 0 unspecified atom stereocenters. The fourth-order valence-electron chi connectivity index (χ4n) is 2.28. The van der Waals surface area contributed by atoms with Gasteiger partial charge in [-0.25, -0.2) is 0 Å². The number of aliphatic imine (C=N–C) groups is 1. The molecule has 1 saturated heterocycles. The van der Waals surface area contributed by atoms with Crippen LogP contribution in [0.4, 0.5) is 24.5 Å². The molecule has 1 aliphatic heterocycles. The molecule has 0 aliphatic carbocycles. The molecule has 1 fully saturated rings. The quantitative estimate of drug-likeness (QED) is 0.800. The Kier molecular flexibility index (Phi) is 4.67. The van der Waals surface area contributed by atoms with E-state index in [4.69, 9.17) is 10.5 Å². The lowest BCUT2D eigenvalue weighted by Gasteiger charge is -2.20. The van der Waals surface area contributed by atoms with Crippen molar-refractivity contribution in [3.63, 3.8) is 0 Å². The van der Waals surface area contributed by atoms with E-state index in [1.165, 1.54) is 6.07 Å². The van der Waals surface area contributed by atoms with Gasteiger partial charge in [-0.2, -0.15) is 23.7 Å². The Morgan fingerprint density at radius 3 is 2.36 bits per heavy atom. The fourth-order valence-corrected chi connectivity index (χ4v) is 2.28. The Labute approximate surface area is 126 Å². The van der Waals surface area contributed by atoms with E-state index in [-0.39, 0.29) is 5.69 Å². The lowest BCUT2D eigenvalue weighted by molar-refractivity contribution is -0.137. The van der Waals surface area contributed by atoms with Gasteiger partial charge in [-0.05, 0) is 31.0 Å². The second-order valence-corrected chi connectivity index (χ2v) is 4.91. The molecular formula is C15H13F3N4. The first-order chi connectivity index (χ1) is 10.5. The Morgan fingerprint density at radius 2 is 1.82 bits per heavy atom. The van der Waals surface area contributed by atoms with Gasteiger partial charge in [-0.3, -0.25) is 4.99 Å². The summed E-state index contributed by atoms with van der Waals surface area (Å²) in [6, 6.07) is 6.80. The number of benzene rings is 1. The summed E-state index contributed by atoms with van der Waals surface area (Å²) in [5.74, 6) is -1.08. The summed E-state index contributed by atoms with van der Waals surface area (Å²) in [6.45, 7) is 1.52. The topological polar surface area (TPSA) is 63.2 Å². The van der Waals surface area contributed by atoms with Crippen molar-refractivity contribution in [1.29, 1.82) is 10.5 Å². The predicted molar refractivity (Wildman–Crippen MR) is 75.8 cm³/mol. The smallest absolute Gasteiger partial charge is 0.370 e. The summed E-state index contributed by atoms with van der Waals surface area (Å²) in [5.41, 5.74) is -0.0725. The van der Waals surface area contributed by atoms with Crippen LogP contribution in [-0.2, 0) is 6.18 Å². The van der Waals surface area contributed by atoms with Crippen molar-refractivity contribution in [2.45, 2.75) is 19.0 Å². The third-order valence-electron chi connectivity index (χ3n) is 3.39. The van der Waals surface area contributed by atoms with E-state index in [9.17, 15) is 13.2 Å². The first-order valence-corrected chi connectivity index (χ1v) is 6.75. The molecule has 2 rings (SSSR count). The predicted octanol–water partition coefficient (Wildman–Crippen LogP) is 3.67. The molecule has 1 aliphatic rings. The standard InChI is InChI=1S/C15H13F3N4/c16-15(17,18)12-3-4-14(22-5-1-2-6-22)13(7-12)21-10-11(8-19)9-20/h3-4,7,10-11H,1-2,5-6H2.